The maximum atomic E-state index is 11.6. The van der Waals surface area contributed by atoms with Crippen LogP contribution in [0.3, 0.4) is 0 Å². The summed E-state index contributed by atoms with van der Waals surface area (Å²) in [5, 5.41) is 0. The highest BCUT2D eigenvalue weighted by molar-refractivity contribution is 6.02. The van der Waals surface area contributed by atoms with E-state index in [4.69, 9.17) is 4.74 Å². The average Bonchev–Trinajstić information content (AvgIpc) is 2.50. The Balaban J connectivity index is 2.93. The van der Waals surface area contributed by atoms with Gasteiger partial charge < -0.3 is 14.3 Å². The van der Waals surface area contributed by atoms with Crippen LogP contribution in [0.25, 0.3) is 0 Å². The smallest absolute Gasteiger partial charge is 0.329 e. The SMILES string of the molecule is C=C1CC(CCC(C)=O)(C(=O)OC)C(=O)O1. The summed E-state index contributed by atoms with van der Waals surface area (Å²) in [4.78, 5) is 34.2. The van der Waals surface area contributed by atoms with E-state index in [0.717, 1.165) is 0 Å². The van der Waals surface area contributed by atoms with Gasteiger partial charge in [0.05, 0.1) is 7.11 Å². The molecule has 1 heterocycles. The Labute approximate surface area is 93.4 Å². The Hall–Kier alpha value is -1.65. The average molecular weight is 226 g/mol. The maximum Gasteiger partial charge on any atom is 0.329 e. The van der Waals surface area contributed by atoms with Crippen molar-refractivity contribution in [3.8, 4) is 0 Å². The molecule has 5 heteroatoms. The van der Waals surface area contributed by atoms with Gasteiger partial charge in [-0.05, 0) is 13.3 Å². The Kier molecular flexibility index (Phi) is 3.47. The number of methoxy groups -OCH3 is 1. The van der Waals surface area contributed by atoms with Gasteiger partial charge in [0.2, 0.25) is 0 Å². The van der Waals surface area contributed by atoms with E-state index in [9.17, 15) is 14.4 Å². The first kappa shape index (κ1) is 12.4. The minimum Gasteiger partial charge on any atom is -0.468 e. The van der Waals surface area contributed by atoms with Gasteiger partial charge >= 0.3 is 11.9 Å². The van der Waals surface area contributed by atoms with Crippen LogP contribution >= 0.6 is 0 Å². The van der Waals surface area contributed by atoms with Crippen molar-refractivity contribution >= 4 is 17.7 Å². The summed E-state index contributed by atoms with van der Waals surface area (Å²) in [6, 6.07) is 0. The topological polar surface area (TPSA) is 69.7 Å². The molecule has 0 N–H and O–H groups in total. The lowest BCUT2D eigenvalue weighted by Gasteiger charge is -2.20. The number of carbonyl (C=O) groups is 3. The molecule has 1 saturated heterocycles. The number of hydrogen-bond acceptors (Lipinski definition) is 5. The molecule has 0 bridgehead atoms. The number of hydrogen-bond donors (Lipinski definition) is 0. The van der Waals surface area contributed by atoms with E-state index in [1.165, 1.54) is 14.0 Å². The molecule has 0 aromatic carbocycles. The summed E-state index contributed by atoms with van der Waals surface area (Å²) >= 11 is 0. The van der Waals surface area contributed by atoms with Crippen LogP contribution in [0.1, 0.15) is 26.2 Å². The number of Topliss-reactive ketones (excluding diaryl/α,β-unsaturated/α-hetero) is 1. The van der Waals surface area contributed by atoms with Crippen molar-refractivity contribution in [2.24, 2.45) is 5.41 Å². The molecule has 1 aliphatic heterocycles. The van der Waals surface area contributed by atoms with Crippen molar-refractivity contribution in [3.05, 3.63) is 12.3 Å². The molecular weight excluding hydrogens is 212 g/mol. The molecule has 0 aromatic heterocycles. The summed E-state index contributed by atoms with van der Waals surface area (Å²) in [6.45, 7) is 4.91. The van der Waals surface area contributed by atoms with E-state index < -0.39 is 17.4 Å². The zero-order chi connectivity index (χ0) is 12.3. The molecule has 0 aliphatic carbocycles. The van der Waals surface area contributed by atoms with Crippen molar-refractivity contribution in [1.82, 2.24) is 0 Å². The lowest BCUT2D eigenvalue weighted by atomic mass is 9.81. The third-order valence-corrected chi connectivity index (χ3v) is 2.61. The van der Waals surface area contributed by atoms with Gasteiger partial charge in [0, 0.05) is 12.8 Å². The number of allylic oxidation sites excluding steroid dienone is 1. The molecule has 16 heavy (non-hydrogen) atoms. The summed E-state index contributed by atoms with van der Waals surface area (Å²) in [5.41, 5.74) is -1.38. The minimum atomic E-state index is -1.38. The molecule has 1 atom stereocenters. The fourth-order valence-corrected chi connectivity index (χ4v) is 1.71. The van der Waals surface area contributed by atoms with Gasteiger partial charge in [-0.25, -0.2) is 0 Å². The summed E-state index contributed by atoms with van der Waals surface area (Å²) in [6.07, 6.45) is 0.329. The highest BCUT2D eigenvalue weighted by atomic mass is 16.6. The lowest BCUT2D eigenvalue weighted by molar-refractivity contribution is -0.162. The van der Waals surface area contributed by atoms with Gasteiger partial charge in [0.15, 0.2) is 5.41 Å². The number of rotatable bonds is 4. The van der Waals surface area contributed by atoms with Crippen LogP contribution in [0.15, 0.2) is 12.3 Å². The van der Waals surface area contributed by atoms with Gasteiger partial charge in [0.1, 0.15) is 11.5 Å². The van der Waals surface area contributed by atoms with Crippen LogP contribution in [-0.2, 0) is 23.9 Å². The molecule has 0 radical (unpaired) electrons. The third kappa shape index (κ3) is 2.13. The number of ketones is 1. The van der Waals surface area contributed by atoms with Gasteiger partial charge in [-0.1, -0.05) is 6.58 Å². The Bertz CT molecular complexity index is 357. The fraction of sp³-hybridized carbons (Fsp3) is 0.545. The molecule has 1 rings (SSSR count). The molecular formula is C11H14O5. The van der Waals surface area contributed by atoms with Crippen LogP contribution in [0.4, 0.5) is 0 Å². The summed E-state index contributed by atoms with van der Waals surface area (Å²) in [5.74, 6) is -1.20. The number of carbonyl (C=O) groups excluding carboxylic acids is 3. The van der Waals surface area contributed by atoms with Gasteiger partial charge in [-0.3, -0.25) is 9.59 Å². The van der Waals surface area contributed by atoms with Gasteiger partial charge in [-0.2, -0.15) is 0 Å². The number of esters is 2. The largest absolute Gasteiger partial charge is 0.468 e. The number of cyclic esters (lactones) is 1. The van der Waals surface area contributed by atoms with Crippen molar-refractivity contribution in [3.63, 3.8) is 0 Å². The van der Waals surface area contributed by atoms with E-state index in [2.05, 4.69) is 11.3 Å². The monoisotopic (exact) mass is 226 g/mol. The Morgan fingerprint density at radius 3 is 2.56 bits per heavy atom. The highest BCUT2D eigenvalue weighted by Crippen LogP contribution is 2.40. The van der Waals surface area contributed by atoms with Crippen LogP contribution in [0, 0.1) is 5.41 Å². The molecule has 88 valence electrons. The minimum absolute atomic E-state index is 0.0891. The first-order chi connectivity index (χ1) is 7.42. The van der Waals surface area contributed by atoms with Crippen LogP contribution < -0.4 is 0 Å². The quantitative estimate of drug-likeness (QED) is 0.527. The first-order valence-corrected chi connectivity index (χ1v) is 4.90. The van der Waals surface area contributed by atoms with Crippen LogP contribution in [-0.4, -0.2) is 24.8 Å². The van der Waals surface area contributed by atoms with E-state index in [-0.39, 0.29) is 30.8 Å². The standard InChI is InChI=1S/C11H14O5/c1-7(12)4-5-11(9(13)15-3)6-8(2)16-10(11)14/h2,4-6H2,1,3H3. The van der Waals surface area contributed by atoms with Crippen molar-refractivity contribution in [2.75, 3.05) is 7.11 Å². The van der Waals surface area contributed by atoms with Crippen molar-refractivity contribution < 1.29 is 23.9 Å². The van der Waals surface area contributed by atoms with E-state index in [0.29, 0.717) is 0 Å². The number of ether oxygens (including phenoxy) is 2. The summed E-state index contributed by atoms with van der Waals surface area (Å²) < 4.78 is 9.38. The van der Waals surface area contributed by atoms with Gasteiger partial charge in [-0.15, -0.1) is 0 Å². The molecule has 5 nitrogen and oxygen atoms in total. The van der Waals surface area contributed by atoms with E-state index in [1.807, 2.05) is 0 Å². The summed E-state index contributed by atoms with van der Waals surface area (Å²) in [7, 11) is 1.20. The van der Waals surface area contributed by atoms with Crippen molar-refractivity contribution in [1.29, 1.82) is 0 Å². The highest BCUT2D eigenvalue weighted by Gasteiger charge is 2.53. The van der Waals surface area contributed by atoms with Crippen LogP contribution in [0.5, 0.6) is 0 Å². The molecule has 1 unspecified atom stereocenters. The zero-order valence-corrected chi connectivity index (χ0v) is 9.37. The van der Waals surface area contributed by atoms with Crippen molar-refractivity contribution in [2.45, 2.75) is 26.2 Å². The fourth-order valence-electron chi connectivity index (χ4n) is 1.71. The predicted octanol–water partition coefficient (Wildman–Crippen LogP) is 0.976. The molecule has 1 fully saturated rings. The molecule has 0 saturated carbocycles. The first-order valence-electron chi connectivity index (χ1n) is 4.90. The molecule has 0 aromatic rings. The van der Waals surface area contributed by atoms with Gasteiger partial charge in [0.25, 0.3) is 0 Å². The normalized spacial score (nSPS) is 24.1. The second-order valence-electron chi connectivity index (χ2n) is 3.88. The second-order valence-corrected chi connectivity index (χ2v) is 3.88. The Morgan fingerprint density at radius 2 is 2.19 bits per heavy atom. The van der Waals surface area contributed by atoms with Crippen LogP contribution in [0.2, 0.25) is 0 Å². The zero-order valence-electron chi connectivity index (χ0n) is 9.37. The third-order valence-electron chi connectivity index (χ3n) is 2.61. The second kappa shape index (κ2) is 4.47. The van der Waals surface area contributed by atoms with E-state index in [1.54, 1.807) is 0 Å². The predicted molar refractivity (Wildman–Crippen MR) is 54.2 cm³/mol. The lowest BCUT2D eigenvalue weighted by Crippen LogP contribution is -2.37. The van der Waals surface area contributed by atoms with E-state index >= 15 is 0 Å². The Morgan fingerprint density at radius 1 is 1.56 bits per heavy atom. The molecule has 0 spiro atoms. The maximum absolute atomic E-state index is 11.6. The molecule has 1 aliphatic rings. The molecule has 0 amide bonds.